The van der Waals surface area contributed by atoms with Gasteiger partial charge in [0.05, 0.1) is 0 Å². The average Bonchev–Trinajstić information content (AvgIpc) is 3.02. The first kappa shape index (κ1) is 18.6. The Kier molecular flexibility index (Phi) is 5.44. The minimum atomic E-state index is -0.210. The lowest BCUT2D eigenvalue weighted by Gasteiger charge is -2.22. The van der Waals surface area contributed by atoms with E-state index in [0.717, 1.165) is 42.1 Å². The molecule has 1 aromatic carbocycles. The molecule has 138 valence electrons. The zero-order valence-electron chi connectivity index (χ0n) is 15.4. The monoisotopic (exact) mass is 373 g/mol. The Morgan fingerprint density at radius 2 is 2.15 bits per heavy atom. The highest BCUT2D eigenvalue weighted by atomic mass is 35.5. The van der Waals surface area contributed by atoms with Crippen molar-refractivity contribution in [2.75, 3.05) is 25.0 Å². The first-order valence-electron chi connectivity index (χ1n) is 8.71. The highest BCUT2D eigenvalue weighted by Crippen LogP contribution is 2.24. The quantitative estimate of drug-likeness (QED) is 0.891. The minimum absolute atomic E-state index is 0.148. The number of nitrogens with zero attached hydrogens (tertiary/aromatic N) is 4. The van der Waals surface area contributed by atoms with Crippen LogP contribution in [0.3, 0.4) is 0 Å². The van der Waals surface area contributed by atoms with Gasteiger partial charge in [-0.2, -0.15) is 0 Å². The van der Waals surface area contributed by atoms with Gasteiger partial charge in [-0.05, 0) is 38.0 Å². The van der Waals surface area contributed by atoms with Gasteiger partial charge in [0, 0.05) is 49.0 Å². The second-order valence-corrected chi connectivity index (χ2v) is 7.30. The van der Waals surface area contributed by atoms with Crippen LogP contribution in [0, 0.1) is 13.8 Å². The standard InChI is InChI=1S/C19H24ClN5O/c1-12-13(2)22-17(23-18(12)25-8-7-16(21)11-25)19(26)24(3)10-14-5-4-6-15(20)9-14/h4-6,9,16H,7-8,10-11,21H2,1-3H3/t16-/m1/s1. The van der Waals surface area contributed by atoms with Gasteiger partial charge in [-0.25, -0.2) is 9.97 Å². The van der Waals surface area contributed by atoms with E-state index in [4.69, 9.17) is 17.3 Å². The van der Waals surface area contributed by atoms with Crippen LogP contribution in [0.2, 0.25) is 5.02 Å². The largest absolute Gasteiger partial charge is 0.355 e. The Balaban J connectivity index is 1.83. The van der Waals surface area contributed by atoms with Crippen molar-refractivity contribution in [2.24, 2.45) is 5.73 Å². The number of rotatable bonds is 4. The summed E-state index contributed by atoms with van der Waals surface area (Å²) in [5.74, 6) is 0.816. The molecule has 1 saturated heterocycles. The summed E-state index contributed by atoms with van der Waals surface area (Å²) in [6.45, 7) is 5.94. The molecule has 1 aliphatic heterocycles. The van der Waals surface area contributed by atoms with Crippen molar-refractivity contribution >= 4 is 23.3 Å². The van der Waals surface area contributed by atoms with Gasteiger partial charge in [-0.1, -0.05) is 23.7 Å². The molecule has 2 aromatic rings. The first-order valence-corrected chi connectivity index (χ1v) is 9.08. The van der Waals surface area contributed by atoms with Crippen LogP contribution < -0.4 is 10.6 Å². The van der Waals surface area contributed by atoms with Gasteiger partial charge in [-0.15, -0.1) is 0 Å². The Labute approximate surface area is 159 Å². The lowest BCUT2D eigenvalue weighted by atomic mass is 10.2. The third-order valence-electron chi connectivity index (χ3n) is 4.73. The molecule has 2 N–H and O–H groups in total. The van der Waals surface area contributed by atoms with Gasteiger partial charge in [0.15, 0.2) is 0 Å². The SMILES string of the molecule is Cc1nc(C(=O)N(C)Cc2cccc(Cl)c2)nc(N2CC[C@@H](N)C2)c1C. The van der Waals surface area contributed by atoms with Crippen molar-refractivity contribution in [2.45, 2.75) is 32.9 Å². The van der Waals surface area contributed by atoms with Crippen LogP contribution in [0.4, 0.5) is 5.82 Å². The summed E-state index contributed by atoms with van der Waals surface area (Å²) in [6.07, 6.45) is 0.931. The maximum Gasteiger partial charge on any atom is 0.291 e. The number of halogens is 1. The molecule has 7 heteroatoms. The maximum absolute atomic E-state index is 12.9. The van der Waals surface area contributed by atoms with Gasteiger partial charge in [0.25, 0.3) is 5.91 Å². The molecule has 1 atom stereocenters. The molecule has 1 aliphatic rings. The van der Waals surface area contributed by atoms with Gasteiger partial charge in [0.2, 0.25) is 5.82 Å². The molecular formula is C19H24ClN5O. The molecule has 0 radical (unpaired) electrons. The Morgan fingerprint density at radius 3 is 2.81 bits per heavy atom. The summed E-state index contributed by atoms with van der Waals surface area (Å²) >= 11 is 6.02. The predicted octanol–water partition coefficient (Wildman–Crippen LogP) is 2.56. The van der Waals surface area contributed by atoms with Gasteiger partial charge >= 0.3 is 0 Å². The third-order valence-corrected chi connectivity index (χ3v) is 4.97. The fraction of sp³-hybridized carbons (Fsp3) is 0.421. The van der Waals surface area contributed by atoms with E-state index < -0.39 is 0 Å². The van der Waals surface area contributed by atoms with E-state index in [9.17, 15) is 4.79 Å². The Bertz CT molecular complexity index is 826. The zero-order chi connectivity index (χ0) is 18.8. The zero-order valence-corrected chi connectivity index (χ0v) is 16.1. The smallest absolute Gasteiger partial charge is 0.291 e. The molecule has 0 unspecified atom stereocenters. The highest BCUT2D eigenvalue weighted by Gasteiger charge is 2.25. The van der Waals surface area contributed by atoms with Gasteiger partial charge in [0.1, 0.15) is 5.82 Å². The number of aromatic nitrogens is 2. The molecule has 0 saturated carbocycles. The Morgan fingerprint density at radius 1 is 1.38 bits per heavy atom. The summed E-state index contributed by atoms with van der Waals surface area (Å²) in [4.78, 5) is 25.6. The number of hydrogen-bond acceptors (Lipinski definition) is 5. The van der Waals surface area contributed by atoms with Crippen molar-refractivity contribution in [3.63, 3.8) is 0 Å². The summed E-state index contributed by atoms with van der Waals surface area (Å²) in [5, 5.41) is 0.651. The Hall–Kier alpha value is -2.18. The van der Waals surface area contributed by atoms with E-state index in [-0.39, 0.29) is 17.8 Å². The van der Waals surface area contributed by atoms with E-state index in [1.54, 1.807) is 11.9 Å². The summed E-state index contributed by atoms with van der Waals surface area (Å²) < 4.78 is 0. The van der Waals surface area contributed by atoms with Crippen LogP contribution in [-0.4, -0.2) is 47.0 Å². The van der Waals surface area contributed by atoms with Crippen LogP contribution in [0.1, 0.15) is 33.9 Å². The number of carbonyl (C=O) groups excluding carboxylic acids is 1. The third kappa shape index (κ3) is 3.97. The van der Waals surface area contributed by atoms with Crippen LogP contribution in [0.5, 0.6) is 0 Å². The number of aryl methyl sites for hydroxylation is 1. The lowest BCUT2D eigenvalue weighted by Crippen LogP contribution is -2.31. The molecule has 3 rings (SSSR count). The van der Waals surface area contributed by atoms with Crippen LogP contribution >= 0.6 is 11.6 Å². The van der Waals surface area contributed by atoms with Crippen LogP contribution in [0.15, 0.2) is 24.3 Å². The van der Waals surface area contributed by atoms with E-state index in [2.05, 4.69) is 14.9 Å². The van der Waals surface area contributed by atoms with E-state index in [1.165, 1.54) is 0 Å². The number of benzene rings is 1. The molecule has 6 nitrogen and oxygen atoms in total. The molecule has 1 amide bonds. The normalized spacial score (nSPS) is 16.8. The minimum Gasteiger partial charge on any atom is -0.355 e. The lowest BCUT2D eigenvalue weighted by molar-refractivity contribution is 0.0772. The fourth-order valence-corrected chi connectivity index (χ4v) is 3.36. The fourth-order valence-electron chi connectivity index (χ4n) is 3.15. The summed E-state index contributed by atoms with van der Waals surface area (Å²) in [6, 6.07) is 7.62. The van der Waals surface area contributed by atoms with Gasteiger partial charge < -0.3 is 15.5 Å². The highest BCUT2D eigenvalue weighted by molar-refractivity contribution is 6.30. The second kappa shape index (κ2) is 7.60. The molecule has 26 heavy (non-hydrogen) atoms. The molecule has 1 fully saturated rings. The number of carbonyl (C=O) groups is 1. The number of hydrogen-bond donors (Lipinski definition) is 1. The predicted molar refractivity (Wildman–Crippen MR) is 104 cm³/mol. The summed E-state index contributed by atoms with van der Waals surface area (Å²) in [5.41, 5.74) is 8.79. The number of anilines is 1. The molecule has 0 aliphatic carbocycles. The maximum atomic E-state index is 12.9. The second-order valence-electron chi connectivity index (χ2n) is 6.87. The van der Waals surface area contributed by atoms with Crippen molar-refractivity contribution in [1.82, 2.24) is 14.9 Å². The molecule has 1 aromatic heterocycles. The number of amides is 1. The van der Waals surface area contributed by atoms with E-state index in [0.29, 0.717) is 11.6 Å². The topological polar surface area (TPSA) is 75.4 Å². The van der Waals surface area contributed by atoms with Crippen LogP contribution in [0.25, 0.3) is 0 Å². The van der Waals surface area contributed by atoms with Gasteiger partial charge in [-0.3, -0.25) is 4.79 Å². The van der Waals surface area contributed by atoms with E-state index >= 15 is 0 Å². The molecule has 2 heterocycles. The van der Waals surface area contributed by atoms with Crippen molar-refractivity contribution in [1.29, 1.82) is 0 Å². The number of nitrogens with two attached hydrogens (primary N) is 1. The van der Waals surface area contributed by atoms with Crippen LogP contribution in [-0.2, 0) is 6.54 Å². The van der Waals surface area contributed by atoms with Crippen molar-refractivity contribution in [3.05, 3.63) is 51.9 Å². The van der Waals surface area contributed by atoms with Crippen molar-refractivity contribution in [3.8, 4) is 0 Å². The first-order chi connectivity index (χ1) is 12.3. The molecular weight excluding hydrogens is 350 g/mol. The molecule has 0 spiro atoms. The average molecular weight is 374 g/mol. The van der Waals surface area contributed by atoms with Crippen molar-refractivity contribution < 1.29 is 4.79 Å². The van der Waals surface area contributed by atoms with E-state index in [1.807, 2.05) is 38.1 Å². The summed E-state index contributed by atoms with van der Waals surface area (Å²) in [7, 11) is 1.74. The molecule has 0 bridgehead atoms.